The van der Waals surface area contributed by atoms with Crippen molar-refractivity contribution in [2.24, 2.45) is 4.99 Å². The van der Waals surface area contributed by atoms with E-state index in [1.165, 1.54) is 16.8 Å². The molecule has 1 fully saturated rings. The van der Waals surface area contributed by atoms with Gasteiger partial charge in [0.25, 0.3) is 0 Å². The highest BCUT2D eigenvalue weighted by molar-refractivity contribution is 14.0. The summed E-state index contributed by atoms with van der Waals surface area (Å²) in [6.45, 7) is 8.26. The van der Waals surface area contributed by atoms with Crippen LogP contribution in [-0.2, 0) is 13.1 Å². The van der Waals surface area contributed by atoms with Gasteiger partial charge in [0.2, 0.25) is 0 Å². The third-order valence-corrected chi connectivity index (χ3v) is 5.74. The quantitative estimate of drug-likeness (QED) is 0.328. The predicted molar refractivity (Wildman–Crippen MR) is 139 cm³/mol. The highest BCUT2D eigenvalue weighted by Gasteiger charge is 2.23. The van der Waals surface area contributed by atoms with Crippen LogP contribution in [-0.4, -0.2) is 50.1 Å². The first kappa shape index (κ1) is 24.5. The predicted octanol–water partition coefficient (Wildman–Crippen LogP) is 4.09. The summed E-state index contributed by atoms with van der Waals surface area (Å²) >= 11 is 0. The molecule has 1 aliphatic heterocycles. The van der Waals surface area contributed by atoms with Crippen LogP contribution in [0.3, 0.4) is 0 Å². The van der Waals surface area contributed by atoms with Gasteiger partial charge in [0, 0.05) is 51.0 Å². The van der Waals surface area contributed by atoms with Crippen molar-refractivity contribution >= 4 is 35.6 Å². The van der Waals surface area contributed by atoms with Gasteiger partial charge in [-0.1, -0.05) is 42.5 Å². The van der Waals surface area contributed by atoms with Gasteiger partial charge in [-0.25, -0.2) is 0 Å². The van der Waals surface area contributed by atoms with Gasteiger partial charge in [-0.05, 0) is 50.6 Å². The van der Waals surface area contributed by atoms with E-state index in [-0.39, 0.29) is 24.0 Å². The van der Waals surface area contributed by atoms with Gasteiger partial charge in [-0.15, -0.1) is 24.0 Å². The van der Waals surface area contributed by atoms with Crippen molar-refractivity contribution in [1.29, 1.82) is 0 Å². The van der Waals surface area contributed by atoms with E-state index in [0.29, 0.717) is 12.1 Å². The van der Waals surface area contributed by atoms with Gasteiger partial charge in [0.05, 0.1) is 0 Å². The number of anilines is 1. The lowest BCUT2D eigenvalue weighted by molar-refractivity contribution is 0.265. The van der Waals surface area contributed by atoms with E-state index >= 15 is 0 Å². The molecule has 2 N–H and O–H groups in total. The van der Waals surface area contributed by atoms with E-state index in [1.807, 2.05) is 7.05 Å². The maximum atomic E-state index is 4.45. The minimum atomic E-state index is 0. The van der Waals surface area contributed by atoms with Crippen LogP contribution < -0.4 is 15.5 Å². The number of para-hydroxylation sites is 1. The molecule has 0 saturated carbocycles. The Morgan fingerprint density at radius 1 is 1.10 bits per heavy atom. The van der Waals surface area contributed by atoms with Gasteiger partial charge in [0.1, 0.15) is 0 Å². The fourth-order valence-electron chi connectivity index (χ4n) is 3.65. The Kier molecular flexibility index (Phi) is 9.91. The molecule has 2 aromatic rings. The van der Waals surface area contributed by atoms with Crippen LogP contribution in [0.1, 0.15) is 31.4 Å². The molecule has 1 unspecified atom stereocenters. The Balaban J connectivity index is 0.00000320. The maximum absolute atomic E-state index is 4.45. The Morgan fingerprint density at radius 2 is 1.77 bits per heavy atom. The van der Waals surface area contributed by atoms with Crippen molar-refractivity contribution in [3.05, 3.63) is 65.7 Å². The first-order chi connectivity index (χ1) is 14.1. The zero-order chi connectivity index (χ0) is 20.6. The number of halogens is 1. The zero-order valence-electron chi connectivity index (χ0n) is 18.6. The van der Waals surface area contributed by atoms with Crippen LogP contribution in [0, 0.1) is 0 Å². The van der Waals surface area contributed by atoms with Crippen molar-refractivity contribution in [1.82, 2.24) is 15.5 Å². The summed E-state index contributed by atoms with van der Waals surface area (Å²) in [5.41, 5.74) is 3.98. The molecule has 0 bridgehead atoms. The molecule has 1 heterocycles. The highest BCUT2D eigenvalue weighted by atomic mass is 127. The largest absolute Gasteiger partial charge is 0.369 e. The molecule has 1 saturated heterocycles. The van der Waals surface area contributed by atoms with Crippen molar-refractivity contribution in [2.75, 3.05) is 32.1 Å². The van der Waals surface area contributed by atoms with E-state index < -0.39 is 0 Å². The lowest BCUT2D eigenvalue weighted by Crippen LogP contribution is -2.44. The second-order valence-corrected chi connectivity index (χ2v) is 8.11. The van der Waals surface area contributed by atoms with Crippen molar-refractivity contribution in [2.45, 2.75) is 45.4 Å². The molecule has 1 atom stereocenters. The van der Waals surface area contributed by atoms with E-state index in [4.69, 9.17) is 0 Å². The second-order valence-electron chi connectivity index (χ2n) is 8.11. The van der Waals surface area contributed by atoms with E-state index in [0.717, 1.165) is 38.6 Å². The Bertz CT molecular complexity index is 793. The average molecular weight is 521 g/mol. The summed E-state index contributed by atoms with van der Waals surface area (Å²) in [6, 6.07) is 20.2. The van der Waals surface area contributed by atoms with Crippen molar-refractivity contribution in [3.63, 3.8) is 0 Å². The summed E-state index contributed by atoms with van der Waals surface area (Å²) in [5, 5.41) is 7.11. The monoisotopic (exact) mass is 521 g/mol. The summed E-state index contributed by atoms with van der Waals surface area (Å²) in [7, 11) is 4.02. The smallest absolute Gasteiger partial charge is 0.191 e. The van der Waals surface area contributed by atoms with Crippen LogP contribution in [0.2, 0.25) is 0 Å². The standard InChI is InChI=1S/C24H35N5.HI/c1-19(2)28(4)17-21-11-9-8-10-20(21)16-26-24(25-3)27-22-14-15-29(18-22)23-12-6-5-7-13-23;/h5-13,19,22H,14-18H2,1-4H3,(H2,25,26,27);1H. The SMILES string of the molecule is CN=C(NCc1ccccc1CN(C)C(C)C)NC1CCN(c2ccccc2)C1.I. The van der Waals surface area contributed by atoms with Crippen molar-refractivity contribution in [3.8, 4) is 0 Å². The third kappa shape index (κ3) is 6.87. The van der Waals surface area contributed by atoms with Crippen LogP contribution in [0.25, 0.3) is 0 Å². The molecule has 0 aliphatic carbocycles. The number of hydrogen-bond donors (Lipinski definition) is 2. The normalized spacial score (nSPS) is 16.7. The first-order valence-corrected chi connectivity index (χ1v) is 10.6. The second kappa shape index (κ2) is 12.2. The number of hydrogen-bond acceptors (Lipinski definition) is 3. The molecule has 2 aromatic carbocycles. The average Bonchev–Trinajstić information content (AvgIpc) is 3.21. The lowest BCUT2D eigenvalue weighted by Gasteiger charge is -2.23. The van der Waals surface area contributed by atoms with E-state index in [9.17, 15) is 0 Å². The minimum Gasteiger partial charge on any atom is -0.369 e. The molecule has 0 spiro atoms. The molecule has 1 aliphatic rings. The summed E-state index contributed by atoms with van der Waals surface area (Å²) in [6.07, 6.45) is 1.12. The lowest BCUT2D eigenvalue weighted by atomic mass is 10.1. The summed E-state index contributed by atoms with van der Waals surface area (Å²) in [4.78, 5) is 9.24. The molecule has 3 rings (SSSR count). The number of nitrogens with one attached hydrogen (secondary N) is 2. The molecule has 5 nitrogen and oxygen atoms in total. The Labute approximate surface area is 199 Å². The molecule has 0 amide bonds. The topological polar surface area (TPSA) is 42.9 Å². The molecule has 0 radical (unpaired) electrons. The molecule has 164 valence electrons. The minimum absolute atomic E-state index is 0. The fourth-order valence-corrected chi connectivity index (χ4v) is 3.65. The Morgan fingerprint density at radius 3 is 2.43 bits per heavy atom. The van der Waals surface area contributed by atoms with Gasteiger partial charge in [0.15, 0.2) is 5.96 Å². The molecular formula is C24H36IN5. The number of guanidine groups is 1. The number of aliphatic imine (C=N–C) groups is 1. The Hall–Kier alpha value is -1.80. The zero-order valence-corrected chi connectivity index (χ0v) is 21.0. The number of nitrogens with zero attached hydrogens (tertiary/aromatic N) is 3. The highest BCUT2D eigenvalue weighted by Crippen LogP contribution is 2.19. The van der Waals surface area contributed by atoms with Crippen LogP contribution in [0.4, 0.5) is 5.69 Å². The fraction of sp³-hybridized carbons (Fsp3) is 0.458. The first-order valence-electron chi connectivity index (χ1n) is 10.6. The number of benzene rings is 2. The van der Waals surface area contributed by atoms with Gasteiger partial charge in [-0.2, -0.15) is 0 Å². The van der Waals surface area contributed by atoms with Crippen LogP contribution >= 0.6 is 24.0 Å². The molecule has 30 heavy (non-hydrogen) atoms. The van der Waals surface area contributed by atoms with Gasteiger partial charge < -0.3 is 15.5 Å². The molecule has 0 aromatic heterocycles. The van der Waals surface area contributed by atoms with Crippen molar-refractivity contribution < 1.29 is 0 Å². The summed E-state index contributed by atoms with van der Waals surface area (Å²) < 4.78 is 0. The van der Waals surface area contributed by atoms with Crippen LogP contribution in [0.15, 0.2) is 59.6 Å². The molecular weight excluding hydrogens is 485 g/mol. The van der Waals surface area contributed by atoms with Gasteiger partial charge >= 0.3 is 0 Å². The number of rotatable bonds is 7. The molecule has 6 heteroatoms. The summed E-state index contributed by atoms with van der Waals surface area (Å²) in [5.74, 6) is 0.872. The third-order valence-electron chi connectivity index (χ3n) is 5.74. The van der Waals surface area contributed by atoms with Crippen LogP contribution in [0.5, 0.6) is 0 Å². The van der Waals surface area contributed by atoms with E-state index in [1.54, 1.807) is 0 Å². The maximum Gasteiger partial charge on any atom is 0.191 e. The van der Waals surface area contributed by atoms with E-state index in [2.05, 4.69) is 101 Å². The van der Waals surface area contributed by atoms with Gasteiger partial charge in [-0.3, -0.25) is 9.89 Å².